The molecule has 4 nitrogen and oxygen atoms in total. The topological polar surface area (TPSA) is 68.0 Å². The van der Waals surface area contributed by atoms with Crippen molar-refractivity contribution >= 4 is 11.6 Å². The van der Waals surface area contributed by atoms with Gasteiger partial charge in [-0.05, 0) is 36.8 Å². The SMILES string of the molecule is C[C@@H](NC(=O)Cc1cccc(N)c1)c1ccccn1. The molecule has 4 heteroatoms. The Bertz CT molecular complexity index is 554. The van der Waals surface area contributed by atoms with E-state index in [0.717, 1.165) is 11.3 Å². The first-order valence-corrected chi connectivity index (χ1v) is 6.20. The summed E-state index contributed by atoms with van der Waals surface area (Å²) >= 11 is 0. The van der Waals surface area contributed by atoms with E-state index in [0.29, 0.717) is 12.1 Å². The Balaban J connectivity index is 1.95. The van der Waals surface area contributed by atoms with Crippen LogP contribution in [0.2, 0.25) is 0 Å². The van der Waals surface area contributed by atoms with Crippen molar-refractivity contribution in [1.29, 1.82) is 0 Å². The number of pyridine rings is 1. The van der Waals surface area contributed by atoms with Gasteiger partial charge in [0.1, 0.15) is 0 Å². The summed E-state index contributed by atoms with van der Waals surface area (Å²) in [6.07, 6.45) is 2.04. The van der Waals surface area contributed by atoms with E-state index in [-0.39, 0.29) is 11.9 Å². The maximum atomic E-state index is 11.9. The summed E-state index contributed by atoms with van der Waals surface area (Å²) in [5, 5.41) is 2.92. The second-order valence-corrected chi connectivity index (χ2v) is 4.47. The normalized spacial score (nSPS) is 11.8. The van der Waals surface area contributed by atoms with Crippen LogP contribution in [0.4, 0.5) is 5.69 Å². The van der Waals surface area contributed by atoms with Crippen molar-refractivity contribution in [3.05, 3.63) is 59.9 Å². The van der Waals surface area contributed by atoms with Crippen LogP contribution in [0.1, 0.15) is 24.2 Å². The maximum Gasteiger partial charge on any atom is 0.224 e. The summed E-state index contributed by atoms with van der Waals surface area (Å²) in [5.41, 5.74) is 8.11. The molecule has 0 fully saturated rings. The van der Waals surface area contributed by atoms with E-state index in [1.165, 1.54) is 0 Å². The van der Waals surface area contributed by atoms with E-state index in [1.54, 1.807) is 12.3 Å². The van der Waals surface area contributed by atoms with Crippen molar-refractivity contribution in [3.8, 4) is 0 Å². The fraction of sp³-hybridized carbons (Fsp3) is 0.200. The molecule has 0 aliphatic rings. The Kier molecular flexibility index (Phi) is 4.13. The Morgan fingerprint density at radius 2 is 2.16 bits per heavy atom. The molecule has 0 bridgehead atoms. The fourth-order valence-electron chi connectivity index (χ4n) is 1.89. The molecule has 3 N–H and O–H groups in total. The van der Waals surface area contributed by atoms with E-state index in [9.17, 15) is 4.79 Å². The summed E-state index contributed by atoms with van der Waals surface area (Å²) in [4.78, 5) is 16.1. The summed E-state index contributed by atoms with van der Waals surface area (Å²) in [6.45, 7) is 1.92. The largest absolute Gasteiger partial charge is 0.399 e. The smallest absolute Gasteiger partial charge is 0.224 e. The third-order valence-electron chi connectivity index (χ3n) is 2.82. The van der Waals surface area contributed by atoms with E-state index in [2.05, 4.69) is 10.3 Å². The van der Waals surface area contributed by atoms with Gasteiger partial charge in [-0.2, -0.15) is 0 Å². The molecule has 1 atom stereocenters. The molecular formula is C15H17N3O. The van der Waals surface area contributed by atoms with E-state index in [1.807, 2.05) is 43.3 Å². The van der Waals surface area contributed by atoms with Gasteiger partial charge >= 0.3 is 0 Å². The highest BCUT2D eigenvalue weighted by molar-refractivity contribution is 5.79. The molecule has 1 aromatic heterocycles. The molecule has 0 saturated heterocycles. The minimum atomic E-state index is -0.102. The lowest BCUT2D eigenvalue weighted by atomic mass is 10.1. The fourth-order valence-corrected chi connectivity index (χ4v) is 1.89. The number of benzene rings is 1. The van der Waals surface area contributed by atoms with Crippen molar-refractivity contribution < 1.29 is 4.79 Å². The average molecular weight is 255 g/mol. The molecule has 0 aliphatic heterocycles. The van der Waals surface area contributed by atoms with Crippen molar-refractivity contribution in [1.82, 2.24) is 10.3 Å². The third kappa shape index (κ3) is 3.81. The van der Waals surface area contributed by atoms with Gasteiger partial charge in [0.05, 0.1) is 18.2 Å². The number of nitrogens with zero attached hydrogens (tertiary/aromatic N) is 1. The number of nitrogens with one attached hydrogen (secondary N) is 1. The van der Waals surface area contributed by atoms with Crippen LogP contribution in [0.3, 0.4) is 0 Å². The van der Waals surface area contributed by atoms with Crippen LogP contribution in [0, 0.1) is 0 Å². The number of anilines is 1. The van der Waals surface area contributed by atoms with Gasteiger partial charge in [-0.3, -0.25) is 9.78 Å². The second kappa shape index (κ2) is 6.00. The lowest BCUT2D eigenvalue weighted by Crippen LogP contribution is -2.28. The highest BCUT2D eigenvalue weighted by Gasteiger charge is 2.10. The zero-order chi connectivity index (χ0) is 13.7. The molecule has 0 saturated carbocycles. The Morgan fingerprint density at radius 3 is 2.84 bits per heavy atom. The first-order valence-electron chi connectivity index (χ1n) is 6.20. The number of hydrogen-bond acceptors (Lipinski definition) is 3. The molecule has 2 aromatic rings. The number of amides is 1. The standard InChI is InChI=1S/C15H17N3O/c1-11(14-7-2-3-8-17-14)18-15(19)10-12-5-4-6-13(16)9-12/h2-9,11H,10,16H2,1H3,(H,18,19)/t11-/m1/s1. The molecular weight excluding hydrogens is 238 g/mol. The Morgan fingerprint density at radius 1 is 1.32 bits per heavy atom. The second-order valence-electron chi connectivity index (χ2n) is 4.47. The van der Waals surface area contributed by atoms with Gasteiger partial charge in [0.25, 0.3) is 0 Å². The van der Waals surface area contributed by atoms with Crippen molar-refractivity contribution in [3.63, 3.8) is 0 Å². The van der Waals surface area contributed by atoms with Crippen LogP contribution >= 0.6 is 0 Å². The van der Waals surface area contributed by atoms with Crippen LogP contribution in [0.25, 0.3) is 0 Å². The number of hydrogen-bond donors (Lipinski definition) is 2. The molecule has 1 aromatic carbocycles. The predicted molar refractivity (Wildman–Crippen MR) is 75.4 cm³/mol. The van der Waals surface area contributed by atoms with Crippen LogP contribution in [0.15, 0.2) is 48.7 Å². The number of nitrogen functional groups attached to an aromatic ring is 1. The van der Waals surface area contributed by atoms with Crippen LogP contribution in [-0.4, -0.2) is 10.9 Å². The quantitative estimate of drug-likeness (QED) is 0.822. The van der Waals surface area contributed by atoms with Crippen LogP contribution in [0.5, 0.6) is 0 Å². The van der Waals surface area contributed by atoms with Crippen molar-refractivity contribution in [2.45, 2.75) is 19.4 Å². The van der Waals surface area contributed by atoms with Gasteiger partial charge in [0, 0.05) is 11.9 Å². The van der Waals surface area contributed by atoms with E-state index in [4.69, 9.17) is 5.73 Å². The number of nitrogens with two attached hydrogens (primary N) is 1. The molecule has 19 heavy (non-hydrogen) atoms. The number of aromatic nitrogens is 1. The van der Waals surface area contributed by atoms with Gasteiger partial charge in [0.15, 0.2) is 0 Å². The number of carbonyl (C=O) groups is 1. The number of carbonyl (C=O) groups excluding carboxylic acids is 1. The minimum absolute atomic E-state index is 0.0382. The van der Waals surface area contributed by atoms with E-state index >= 15 is 0 Å². The Hall–Kier alpha value is -2.36. The first kappa shape index (κ1) is 13.1. The molecule has 2 rings (SSSR count). The predicted octanol–water partition coefficient (Wildman–Crippen LogP) is 2.08. The third-order valence-corrected chi connectivity index (χ3v) is 2.82. The molecule has 0 aliphatic carbocycles. The highest BCUT2D eigenvalue weighted by atomic mass is 16.1. The van der Waals surface area contributed by atoms with Crippen LogP contribution in [-0.2, 0) is 11.2 Å². The molecule has 98 valence electrons. The van der Waals surface area contributed by atoms with Crippen LogP contribution < -0.4 is 11.1 Å². The molecule has 1 heterocycles. The monoisotopic (exact) mass is 255 g/mol. The van der Waals surface area contributed by atoms with Gasteiger partial charge in [-0.15, -0.1) is 0 Å². The highest BCUT2D eigenvalue weighted by Crippen LogP contribution is 2.10. The molecule has 0 unspecified atom stereocenters. The summed E-state index contributed by atoms with van der Waals surface area (Å²) in [5.74, 6) is -0.0382. The van der Waals surface area contributed by atoms with Gasteiger partial charge in [-0.1, -0.05) is 18.2 Å². The van der Waals surface area contributed by atoms with Crippen molar-refractivity contribution in [2.24, 2.45) is 0 Å². The van der Waals surface area contributed by atoms with Gasteiger partial charge in [-0.25, -0.2) is 0 Å². The average Bonchev–Trinajstić information content (AvgIpc) is 2.39. The zero-order valence-corrected chi connectivity index (χ0v) is 10.8. The van der Waals surface area contributed by atoms with Crippen molar-refractivity contribution in [2.75, 3.05) is 5.73 Å². The zero-order valence-electron chi connectivity index (χ0n) is 10.8. The molecule has 0 spiro atoms. The van der Waals surface area contributed by atoms with Gasteiger partial charge < -0.3 is 11.1 Å². The summed E-state index contributed by atoms with van der Waals surface area (Å²) in [6, 6.07) is 12.9. The maximum absolute atomic E-state index is 11.9. The summed E-state index contributed by atoms with van der Waals surface area (Å²) in [7, 11) is 0. The van der Waals surface area contributed by atoms with E-state index < -0.39 is 0 Å². The van der Waals surface area contributed by atoms with Gasteiger partial charge in [0.2, 0.25) is 5.91 Å². The first-order chi connectivity index (χ1) is 9.15. The molecule has 1 amide bonds. The lowest BCUT2D eigenvalue weighted by Gasteiger charge is -2.13. The Labute approximate surface area is 112 Å². The number of rotatable bonds is 4. The molecule has 0 radical (unpaired) electrons. The summed E-state index contributed by atoms with van der Waals surface area (Å²) < 4.78 is 0. The minimum Gasteiger partial charge on any atom is -0.399 e. The lowest BCUT2D eigenvalue weighted by molar-refractivity contribution is -0.121.